The number of rotatable bonds is 6. The van der Waals surface area contributed by atoms with Crippen molar-refractivity contribution in [2.45, 2.75) is 13.0 Å². The number of hydrogen-bond acceptors (Lipinski definition) is 5. The molecule has 1 fully saturated rings. The van der Waals surface area contributed by atoms with Crippen LogP contribution in [0, 0.1) is 11.8 Å². The van der Waals surface area contributed by atoms with Crippen LogP contribution in [0.4, 0.5) is 5.69 Å². The first kappa shape index (κ1) is 19.0. The van der Waals surface area contributed by atoms with Crippen LogP contribution in [0.2, 0.25) is 0 Å². The van der Waals surface area contributed by atoms with Gasteiger partial charge in [0.15, 0.2) is 0 Å². The van der Waals surface area contributed by atoms with Gasteiger partial charge in [-0.2, -0.15) is 0 Å². The monoisotopic (exact) mass is 334 g/mol. The molecule has 0 heterocycles. The van der Waals surface area contributed by atoms with Gasteiger partial charge in [-0.1, -0.05) is 12.1 Å². The van der Waals surface area contributed by atoms with E-state index >= 15 is 0 Å². The predicted molar refractivity (Wildman–Crippen MR) is 73.4 cm³/mol. The average Bonchev–Trinajstić information content (AvgIpc) is 3.16. The van der Waals surface area contributed by atoms with Crippen LogP contribution in [-0.4, -0.2) is 26.6 Å². The van der Waals surface area contributed by atoms with Crippen molar-refractivity contribution >= 4 is 27.6 Å². The van der Waals surface area contributed by atoms with E-state index in [-0.39, 0.29) is 42.0 Å². The third kappa shape index (κ3) is 5.60. The van der Waals surface area contributed by atoms with E-state index in [1.807, 2.05) is 0 Å². The maximum atomic E-state index is 11.7. The Morgan fingerprint density at radius 2 is 1.82 bits per heavy atom. The molecule has 0 saturated heterocycles. The number of carbonyl (C=O) groups is 2. The second-order valence-electron chi connectivity index (χ2n) is 5.06. The van der Waals surface area contributed by atoms with E-state index < -0.39 is 27.8 Å². The molecular weight excluding hydrogens is 319 g/mol. The molecule has 0 aliphatic heterocycles. The van der Waals surface area contributed by atoms with Crippen molar-refractivity contribution in [1.82, 2.24) is 5.32 Å². The Balaban J connectivity index is 0.00000242. The van der Waals surface area contributed by atoms with Gasteiger partial charge in [-0.3, -0.25) is 9.52 Å². The molecule has 1 aromatic rings. The van der Waals surface area contributed by atoms with Crippen LogP contribution in [0.15, 0.2) is 24.3 Å². The van der Waals surface area contributed by atoms with Gasteiger partial charge in [-0.25, -0.2) is 8.42 Å². The summed E-state index contributed by atoms with van der Waals surface area (Å²) < 4.78 is 24.4. The Kier molecular flexibility index (Phi) is 6.42. The molecule has 1 aliphatic carbocycles. The van der Waals surface area contributed by atoms with Crippen molar-refractivity contribution in [3.8, 4) is 0 Å². The van der Waals surface area contributed by atoms with E-state index in [0.717, 1.165) is 11.8 Å². The van der Waals surface area contributed by atoms with Gasteiger partial charge >= 0.3 is 29.6 Å². The SMILES string of the molecule is CS(=O)(=O)Nc1ccc(CNC(=O)[C@@H]2C[C@@H]2C(=O)[O-])cc1.[Na+]. The van der Waals surface area contributed by atoms with Crippen LogP contribution < -0.4 is 44.7 Å². The van der Waals surface area contributed by atoms with Crippen LogP contribution in [0.5, 0.6) is 0 Å². The fourth-order valence-electron chi connectivity index (χ4n) is 1.97. The zero-order chi connectivity index (χ0) is 15.6. The largest absolute Gasteiger partial charge is 1.00 e. The average molecular weight is 334 g/mol. The van der Waals surface area contributed by atoms with Crippen LogP contribution >= 0.6 is 0 Å². The van der Waals surface area contributed by atoms with E-state index in [2.05, 4.69) is 10.0 Å². The van der Waals surface area contributed by atoms with Crippen LogP contribution in [-0.2, 0) is 26.2 Å². The summed E-state index contributed by atoms with van der Waals surface area (Å²) in [6.45, 7) is 0.258. The Bertz CT molecular complexity index is 660. The molecule has 7 nitrogen and oxygen atoms in total. The molecule has 0 spiro atoms. The number of aliphatic carboxylic acids is 1. The molecule has 0 bridgehead atoms. The van der Waals surface area contributed by atoms with Crippen LogP contribution in [0.25, 0.3) is 0 Å². The van der Waals surface area contributed by atoms with E-state index in [1.165, 1.54) is 0 Å². The predicted octanol–water partition coefficient (Wildman–Crippen LogP) is -3.94. The number of carboxylic acids is 1. The fourth-order valence-corrected chi connectivity index (χ4v) is 2.53. The maximum absolute atomic E-state index is 11.7. The fraction of sp³-hybridized carbons (Fsp3) is 0.385. The van der Waals surface area contributed by atoms with Gasteiger partial charge in [0.1, 0.15) is 0 Å². The molecule has 1 amide bonds. The Morgan fingerprint density at radius 3 is 2.27 bits per heavy atom. The summed E-state index contributed by atoms with van der Waals surface area (Å²) in [7, 11) is -3.31. The third-order valence-electron chi connectivity index (χ3n) is 3.15. The van der Waals surface area contributed by atoms with E-state index in [4.69, 9.17) is 0 Å². The van der Waals surface area contributed by atoms with E-state index in [1.54, 1.807) is 24.3 Å². The summed E-state index contributed by atoms with van der Waals surface area (Å²) in [5.41, 5.74) is 1.22. The summed E-state index contributed by atoms with van der Waals surface area (Å²) >= 11 is 0. The summed E-state index contributed by atoms with van der Waals surface area (Å²) in [6, 6.07) is 6.53. The van der Waals surface area contributed by atoms with E-state index in [0.29, 0.717) is 12.1 Å². The Labute approximate surface area is 150 Å². The molecule has 0 radical (unpaired) electrons. The molecule has 1 aromatic carbocycles. The van der Waals surface area contributed by atoms with Crippen molar-refractivity contribution in [2.75, 3.05) is 11.0 Å². The zero-order valence-electron chi connectivity index (χ0n) is 12.3. The molecule has 9 heteroatoms. The minimum Gasteiger partial charge on any atom is -0.550 e. The van der Waals surface area contributed by atoms with Gasteiger partial charge < -0.3 is 15.2 Å². The van der Waals surface area contributed by atoms with Gasteiger partial charge in [0, 0.05) is 30.0 Å². The molecule has 2 atom stereocenters. The maximum Gasteiger partial charge on any atom is 1.00 e. The number of carbonyl (C=O) groups excluding carboxylic acids is 2. The Morgan fingerprint density at radius 1 is 1.23 bits per heavy atom. The first-order chi connectivity index (χ1) is 9.76. The number of anilines is 1. The number of carboxylic acid groups (broad SMARTS) is 1. The zero-order valence-corrected chi connectivity index (χ0v) is 15.1. The molecule has 114 valence electrons. The number of nitrogens with one attached hydrogen (secondary N) is 2. The van der Waals surface area contributed by atoms with Crippen molar-refractivity contribution in [1.29, 1.82) is 0 Å². The molecule has 22 heavy (non-hydrogen) atoms. The molecule has 1 aliphatic rings. The molecular formula is C13H15N2NaO5S. The van der Waals surface area contributed by atoms with Gasteiger partial charge in [-0.05, 0) is 24.1 Å². The minimum absolute atomic E-state index is 0. The summed E-state index contributed by atoms with van der Waals surface area (Å²) in [6.07, 6.45) is 1.38. The van der Waals surface area contributed by atoms with Crippen molar-refractivity contribution in [2.24, 2.45) is 11.8 Å². The Hall–Kier alpha value is -1.09. The van der Waals surface area contributed by atoms with Crippen LogP contribution in [0.3, 0.4) is 0 Å². The van der Waals surface area contributed by atoms with Crippen molar-refractivity contribution in [3.05, 3.63) is 29.8 Å². The van der Waals surface area contributed by atoms with Crippen molar-refractivity contribution < 1.29 is 52.7 Å². The molecule has 0 unspecified atom stereocenters. The van der Waals surface area contributed by atoms with Crippen LogP contribution in [0.1, 0.15) is 12.0 Å². The van der Waals surface area contributed by atoms with Gasteiger partial charge in [0.05, 0.1) is 6.26 Å². The summed E-state index contributed by atoms with van der Waals surface area (Å²) in [4.78, 5) is 22.2. The second-order valence-corrected chi connectivity index (χ2v) is 6.81. The molecule has 1 saturated carbocycles. The normalized spacial score (nSPS) is 19.7. The van der Waals surface area contributed by atoms with Gasteiger partial charge in [0.25, 0.3) is 0 Å². The number of benzene rings is 1. The molecule has 0 aromatic heterocycles. The molecule has 2 N–H and O–H groups in total. The quantitative estimate of drug-likeness (QED) is 0.516. The topological polar surface area (TPSA) is 115 Å². The van der Waals surface area contributed by atoms with Crippen molar-refractivity contribution in [3.63, 3.8) is 0 Å². The third-order valence-corrected chi connectivity index (χ3v) is 3.76. The minimum atomic E-state index is -3.31. The standard InChI is InChI=1S/C13H16N2O5S.Na/c1-21(19,20)15-9-4-2-8(3-5-9)7-14-12(16)10-6-11(10)13(17)18;/h2-5,10-11,15H,6-7H2,1H3,(H,14,16)(H,17,18);/q;+1/p-1/t10-,11+;/m1./s1. The first-order valence-corrected chi connectivity index (χ1v) is 8.21. The number of amides is 1. The van der Waals surface area contributed by atoms with Gasteiger partial charge in [0.2, 0.25) is 15.9 Å². The number of sulfonamides is 1. The molecule has 2 rings (SSSR count). The van der Waals surface area contributed by atoms with Gasteiger partial charge in [-0.15, -0.1) is 0 Å². The summed E-state index contributed by atoms with van der Waals surface area (Å²) in [5.74, 6) is -2.67. The first-order valence-electron chi connectivity index (χ1n) is 6.31. The van der Waals surface area contributed by atoms with E-state index in [9.17, 15) is 23.1 Å². The number of hydrogen-bond donors (Lipinski definition) is 2. The smallest absolute Gasteiger partial charge is 0.550 e. The second kappa shape index (κ2) is 7.45. The summed E-state index contributed by atoms with van der Waals surface area (Å²) in [5, 5.41) is 13.2.